The highest BCUT2D eigenvalue weighted by Gasteiger charge is 2.31. The molecule has 0 spiro atoms. The summed E-state index contributed by atoms with van der Waals surface area (Å²) in [6, 6.07) is 7.19. The maximum Gasteiger partial charge on any atom is 0.331 e. The second kappa shape index (κ2) is 8.73. The first kappa shape index (κ1) is 19.7. The van der Waals surface area contributed by atoms with E-state index in [4.69, 9.17) is 9.15 Å². The van der Waals surface area contributed by atoms with E-state index in [1.165, 1.54) is 13.0 Å². The van der Waals surface area contributed by atoms with Crippen molar-refractivity contribution in [2.45, 2.75) is 39.2 Å². The monoisotopic (exact) mass is 384 g/mol. The lowest BCUT2D eigenvalue weighted by Gasteiger charge is -2.17. The minimum atomic E-state index is -1.04. The summed E-state index contributed by atoms with van der Waals surface area (Å²) in [5.41, 5.74) is 1.61. The maximum absolute atomic E-state index is 12.2. The van der Waals surface area contributed by atoms with Gasteiger partial charge in [0, 0.05) is 36.5 Å². The van der Waals surface area contributed by atoms with E-state index in [0.29, 0.717) is 6.54 Å². The van der Waals surface area contributed by atoms with Crippen LogP contribution in [0, 0.1) is 0 Å². The number of nitrogens with zero attached hydrogens (tertiary/aromatic N) is 1. The van der Waals surface area contributed by atoms with Crippen LogP contribution >= 0.6 is 0 Å². The summed E-state index contributed by atoms with van der Waals surface area (Å²) >= 11 is 0. The Labute approximate surface area is 163 Å². The number of furan rings is 1. The molecule has 148 valence electrons. The van der Waals surface area contributed by atoms with E-state index < -0.39 is 24.0 Å². The van der Waals surface area contributed by atoms with Gasteiger partial charge in [0.2, 0.25) is 0 Å². The number of imide groups is 1. The molecule has 0 bridgehead atoms. The molecule has 3 rings (SSSR count). The Morgan fingerprint density at radius 1 is 1.36 bits per heavy atom. The van der Waals surface area contributed by atoms with Crippen molar-refractivity contribution in [2.75, 3.05) is 13.1 Å². The van der Waals surface area contributed by atoms with Crippen molar-refractivity contribution in [3.8, 4) is 0 Å². The van der Waals surface area contributed by atoms with Crippen molar-refractivity contribution in [3.63, 3.8) is 0 Å². The molecule has 7 heteroatoms. The van der Waals surface area contributed by atoms with Gasteiger partial charge in [-0.3, -0.25) is 9.69 Å². The van der Waals surface area contributed by atoms with Gasteiger partial charge in [0.1, 0.15) is 11.3 Å². The van der Waals surface area contributed by atoms with Crippen LogP contribution in [0.4, 0.5) is 4.79 Å². The molecular formula is C21H24N2O5. The molecule has 28 heavy (non-hydrogen) atoms. The van der Waals surface area contributed by atoms with E-state index in [9.17, 15) is 14.4 Å². The van der Waals surface area contributed by atoms with Crippen LogP contribution in [0.1, 0.15) is 38.0 Å². The maximum atomic E-state index is 12.2. The Hall–Kier alpha value is -3.09. The van der Waals surface area contributed by atoms with Gasteiger partial charge in [-0.2, -0.15) is 0 Å². The highest BCUT2D eigenvalue weighted by molar-refractivity contribution is 5.99. The van der Waals surface area contributed by atoms with Crippen LogP contribution in [0.15, 0.2) is 34.8 Å². The van der Waals surface area contributed by atoms with Crippen LogP contribution in [-0.2, 0) is 20.7 Å². The van der Waals surface area contributed by atoms with E-state index in [2.05, 4.69) is 12.2 Å². The number of esters is 1. The number of rotatable bonds is 7. The van der Waals surface area contributed by atoms with Gasteiger partial charge in [0.15, 0.2) is 6.10 Å². The molecule has 1 aromatic heterocycles. The molecule has 1 aromatic carbocycles. The molecule has 2 heterocycles. The SMILES string of the molecule is CCCCc1oc2ccccc2c1/C=C/C(=O)O[C@@H](C)C(=O)N1CCNC1=O. The third-order valence-corrected chi connectivity index (χ3v) is 4.62. The number of para-hydroxylation sites is 1. The quantitative estimate of drug-likeness (QED) is 0.585. The molecule has 7 nitrogen and oxygen atoms in total. The van der Waals surface area contributed by atoms with Crippen molar-refractivity contribution in [2.24, 2.45) is 0 Å². The predicted molar refractivity (Wildman–Crippen MR) is 105 cm³/mol. The van der Waals surface area contributed by atoms with Crippen molar-refractivity contribution >= 4 is 35.0 Å². The molecule has 1 aliphatic heterocycles. The first-order chi connectivity index (χ1) is 13.5. The summed E-state index contributed by atoms with van der Waals surface area (Å²) in [4.78, 5) is 37.0. The van der Waals surface area contributed by atoms with Gasteiger partial charge < -0.3 is 14.5 Å². The smallest absolute Gasteiger partial charge is 0.331 e. The molecule has 1 fully saturated rings. The van der Waals surface area contributed by atoms with E-state index in [1.54, 1.807) is 6.08 Å². The van der Waals surface area contributed by atoms with Gasteiger partial charge >= 0.3 is 12.0 Å². The number of aryl methyl sites for hydroxylation is 1. The lowest BCUT2D eigenvalue weighted by Crippen LogP contribution is -2.41. The lowest BCUT2D eigenvalue weighted by molar-refractivity contribution is -0.153. The zero-order valence-electron chi connectivity index (χ0n) is 16.1. The molecule has 0 aliphatic carbocycles. The van der Waals surface area contributed by atoms with Crippen LogP contribution in [0.5, 0.6) is 0 Å². The zero-order valence-corrected chi connectivity index (χ0v) is 16.1. The summed E-state index contributed by atoms with van der Waals surface area (Å²) in [5, 5.41) is 3.47. The Morgan fingerprint density at radius 2 is 2.14 bits per heavy atom. The number of carbonyl (C=O) groups is 3. The molecule has 0 unspecified atom stereocenters. The van der Waals surface area contributed by atoms with Gasteiger partial charge in [0.05, 0.1) is 0 Å². The number of hydrogen-bond donors (Lipinski definition) is 1. The van der Waals surface area contributed by atoms with Crippen LogP contribution in [-0.4, -0.2) is 42.0 Å². The Balaban J connectivity index is 1.71. The molecule has 1 N–H and O–H groups in total. The number of carbonyl (C=O) groups excluding carboxylic acids is 3. The van der Waals surface area contributed by atoms with Gasteiger partial charge in [-0.25, -0.2) is 9.59 Å². The Morgan fingerprint density at radius 3 is 2.86 bits per heavy atom. The van der Waals surface area contributed by atoms with E-state index in [1.807, 2.05) is 24.3 Å². The Bertz CT molecular complexity index is 915. The van der Waals surface area contributed by atoms with E-state index in [0.717, 1.165) is 46.5 Å². The first-order valence-corrected chi connectivity index (χ1v) is 9.49. The van der Waals surface area contributed by atoms with Gasteiger partial charge in [-0.15, -0.1) is 0 Å². The van der Waals surface area contributed by atoms with Crippen LogP contribution in [0.2, 0.25) is 0 Å². The number of nitrogens with one attached hydrogen (secondary N) is 1. The minimum Gasteiger partial charge on any atom is -0.460 e. The normalized spacial score (nSPS) is 15.2. The summed E-state index contributed by atoms with van der Waals surface area (Å²) < 4.78 is 11.1. The Kier molecular flexibility index (Phi) is 6.13. The third-order valence-electron chi connectivity index (χ3n) is 4.62. The standard InChI is InChI=1S/C21H24N2O5/c1-3-4-8-17-16(15-7-5-6-9-18(15)28-17)10-11-19(24)27-14(2)20(25)23-13-12-22-21(23)26/h5-7,9-11,14H,3-4,8,12-13H2,1-2H3,(H,22,26)/b11-10+/t14-/m0/s1. The fourth-order valence-corrected chi connectivity index (χ4v) is 3.14. The van der Waals surface area contributed by atoms with Crippen molar-refractivity contribution in [1.29, 1.82) is 0 Å². The van der Waals surface area contributed by atoms with Crippen molar-refractivity contribution in [1.82, 2.24) is 10.2 Å². The van der Waals surface area contributed by atoms with Crippen molar-refractivity contribution in [3.05, 3.63) is 41.7 Å². The van der Waals surface area contributed by atoms with Gasteiger partial charge in [0.25, 0.3) is 5.91 Å². The zero-order chi connectivity index (χ0) is 20.1. The highest BCUT2D eigenvalue weighted by Crippen LogP contribution is 2.28. The largest absolute Gasteiger partial charge is 0.460 e. The molecule has 1 atom stereocenters. The molecule has 3 amide bonds. The number of fused-ring (bicyclic) bond motifs is 1. The first-order valence-electron chi connectivity index (χ1n) is 9.49. The number of hydrogen-bond acceptors (Lipinski definition) is 5. The fourth-order valence-electron chi connectivity index (χ4n) is 3.14. The second-order valence-corrected chi connectivity index (χ2v) is 6.67. The van der Waals surface area contributed by atoms with E-state index >= 15 is 0 Å². The minimum absolute atomic E-state index is 0.275. The van der Waals surface area contributed by atoms with Crippen molar-refractivity contribution < 1.29 is 23.5 Å². The predicted octanol–water partition coefficient (Wildman–Crippen LogP) is 3.27. The molecule has 0 radical (unpaired) electrons. The van der Waals surface area contributed by atoms with Gasteiger partial charge in [-0.1, -0.05) is 31.5 Å². The number of urea groups is 1. The molecule has 2 aromatic rings. The summed E-state index contributed by atoms with van der Waals surface area (Å²) in [5.74, 6) is -0.355. The fraction of sp³-hybridized carbons (Fsp3) is 0.381. The summed E-state index contributed by atoms with van der Waals surface area (Å²) in [7, 11) is 0. The van der Waals surface area contributed by atoms with Crippen LogP contribution < -0.4 is 5.32 Å². The summed E-state index contributed by atoms with van der Waals surface area (Å²) in [6.45, 7) is 4.24. The highest BCUT2D eigenvalue weighted by atomic mass is 16.5. The molecule has 0 saturated carbocycles. The number of ether oxygens (including phenoxy) is 1. The number of unbranched alkanes of at least 4 members (excludes halogenated alkanes) is 1. The molecule has 1 aliphatic rings. The summed E-state index contributed by atoms with van der Waals surface area (Å²) in [6.07, 6.45) is 4.71. The number of amides is 3. The molecule has 1 saturated heterocycles. The topological polar surface area (TPSA) is 88.8 Å². The second-order valence-electron chi connectivity index (χ2n) is 6.67. The number of benzene rings is 1. The third kappa shape index (κ3) is 4.24. The average Bonchev–Trinajstić information content (AvgIpc) is 3.27. The van der Waals surface area contributed by atoms with Crippen LogP contribution in [0.3, 0.4) is 0 Å². The van der Waals surface area contributed by atoms with Gasteiger partial charge in [-0.05, 0) is 25.5 Å². The lowest BCUT2D eigenvalue weighted by atomic mass is 10.1. The molecular weight excluding hydrogens is 360 g/mol. The average molecular weight is 384 g/mol. The van der Waals surface area contributed by atoms with Crippen LogP contribution in [0.25, 0.3) is 17.0 Å². The van der Waals surface area contributed by atoms with E-state index in [-0.39, 0.29) is 6.54 Å².